The van der Waals surface area contributed by atoms with Crippen molar-refractivity contribution in [3.05, 3.63) is 70.2 Å². The number of ketones is 1. The van der Waals surface area contributed by atoms with Crippen LogP contribution in [0.5, 0.6) is 0 Å². The van der Waals surface area contributed by atoms with Gasteiger partial charge in [-0.3, -0.25) is 14.6 Å². The van der Waals surface area contributed by atoms with Crippen molar-refractivity contribution in [2.75, 3.05) is 5.32 Å². The molecule has 1 aliphatic carbocycles. The van der Waals surface area contributed by atoms with Crippen molar-refractivity contribution in [2.24, 2.45) is 5.92 Å². The maximum atomic E-state index is 13.3. The number of Topliss-reactive ketones (excluding diaryl/α,β-unsaturated/α-hetero) is 1. The molecule has 1 N–H and O–H groups in total. The topological polar surface area (TPSA) is 59.1 Å². The highest BCUT2D eigenvalue weighted by atomic mass is 32.1. The Kier molecular flexibility index (Phi) is 5.66. The maximum Gasteiger partial charge on any atom is 0.418 e. The summed E-state index contributed by atoms with van der Waals surface area (Å²) >= 11 is 0.935. The largest absolute Gasteiger partial charge is 0.418 e. The van der Waals surface area contributed by atoms with Crippen LogP contribution < -0.4 is 5.32 Å². The zero-order chi connectivity index (χ0) is 22.2. The molecule has 0 saturated heterocycles. The van der Waals surface area contributed by atoms with E-state index in [-0.39, 0.29) is 21.2 Å². The highest BCUT2D eigenvalue weighted by molar-refractivity contribution is 7.17. The van der Waals surface area contributed by atoms with Crippen LogP contribution in [0.25, 0.3) is 10.6 Å². The van der Waals surface area contributed by atoms with Crippen molar-refractivity contribution >= 4 is 28.7 Å². The lowest BCUT2D eigenvalue weighted by Gasteiger charge is -2.10. The Bertz CT molecular complexity index is 1150. The predicted molar refractivity (Wildman–Crippen MR) is 113 cm³/mol. The quantitative estimate of drug-likeness (QED) is 0.449. The summed E-state index contributed by atoms with van der Waals surface area (Å²) in [6.45, 7) is 1.81. The molecule has 8 heteroatoms. The van der Waals surface area contributed by atoms with Crippen molar-refractivity contribution in [2.45, 2.75) is 32.4 Å². The van der Waals surface area contributed by atoms with Crippen LogP contribution in [0.15, 0.2) is 48.7 Å². The SMILES string of the molecule is Cc1ccc(C(=O)CC2CC2)cc1NC(=O)c1ccc(-c2ncccc2C(F)(F)F)s1. The second kappa shape index (κ2) is 8.26. The van der Waals surface area contributed by atoms with Gasteiger partial charge in [-0.25, -0.2) is 0 Å². The highest BCUT2D eigenvalue weighted by Crippen LogP contribution is 2.38. The second-order valence-corrected chi connectivity index (χ2v) is 8.70. The fraction of sp³-hybridized carbons (Fsp3) is 0.261. The molecule has 4 nitrogen and oxygen atoms in total. The summed E-state index contributed by atoms with van der Waals surface area (Å²) in [5.74, 6) is 0.0615. The highest BCUT2D eigenvalue weighted by Gasteiger charge is 2.34. The molecule has 0 bridgehead atoms. The van der Waals surface area contributed by atoms with E-state index in [1.807, 2.05) is 6.92 Å². The molecule has 1 aliphatic rings. The average molecular weight is 444 g/mol. The minimum absolute atomic E-state index is 0.0474. The predicted octanol–water partition coefficient (Wildman–Crippen LogP) is 6.37. The molecule has 0 aliphatic heterocycles. The lowest BCUT2D eigenvalue weighted by Crippen LogP contribution is -2.12. The number of carbonyl (C=O) groups excluding carboxylic acids is 2. The van der Waals surface area contributed by atoms with Crippen LogP contribution in [-0.2, 0) is 6.18 Å². The first-order chi connectivity index (χ1) is 14.7. The Morgan fingerprint density at radius 1 is 1.16 bits per heavy atom. The molecule has 160 valence electrons. The van der Waals surface area contributed by atoms with Gasteiger partial charge in [0, 0.05) is 23.9 Å². The molecule has 1 saturated carbocycles. The third-order valence-electron chi connectivity index (χ3n) is 5.16. The van der Waals surface area contributed by atoms with E-state index in [2.05, 4.69) is 10.3 Å². The Hall–Kier alpha value is -3.00. The van der Waals surface area contributed by atoms with Gasteiger partial charge in [0.05, 0.1) is 21.0 Å². The number of benzene rings is 1. The summed E-state index contributed by atoms with van der Waals surface area (Å²) in [4.78, 5) is 29.5. The van der Waals surface area contributed by atoms with E-state index in [9.17, 15) is 22.8 Å². The third kappa shape index (κ3) is 4.85. The Morgan fingerprint density at radius 2 is 1.94 bits per heavy atom. The number of anilines is 1. The van der Waals surface area contributed by atoms with E-state index in [0.717, 1.165) is 35.8 Å². The van der Waals surface area contributed by atoms with Gasteiger partial charge >= 0.3 is 6.18 Å². The van der Waals surface area contributed by atoms with Crippen molar-refractivity contribution in [3.8, 4) is 10.6 Å². The Morgan fingerprint density at radius 3 is 2.65 bits per heavy atom. The smallest absolute Gasteiger partial charge is 0.321 e. The maximum absolute atomic E-state index is 13.3. The standard InChI is InChI=1S/C23H19F3N2O2S/c1-13-4-7-15(18(29)11-14-5-6-14)12-17(13)28-22(30)20-9-8-19(31-20)21-16(23(24,25)26)3-2-10-27-21/h2-4,7-10,12,14H,5-6,11H2,1H3,(H,28,30). The van der Waals surface area contributed by atoms with Crippen molar-refractivity contribution < 1.29 is 22.8 Å². The van der Waals surface area contributed by atoms with Crippen molar-refractivity contribution in [1.82, 2.24) is 4.98 Å². The molecule has 1 aromatic carbocycles. The Balaban J connectivity index is 1.55. The third-order valence-corrected chi connectivity index (χ3v) is 6.25. The number of thiophene rings is 1. The lowest BCUT2D eigenvalue weighted by atomic mass is 10.0. The van der Waals surface area contributed by atoms with E-state index < -0.39 is 17.6 Å². The van der Waals surface area contributed by atoms with E-state index in [0.29, 0.717) is 23.6 Å². The van der Waals surface area contributed by atoms with Crippen molar-refractivity contribution in [3.63, 3.8) is 0 Å². The molecule has 0 atom stereocenters. The van der Waals surface area contributed by atoms with Gasteiger partial charge < -0.3 is 5.32 Å². The fourth-order valence-electron chi connectivity index (χ4n) is 3.23. The van der Waals surface area contributed by atoms with Gasteiger partial charge in [0.15, 0.2) is 5.78 Å². The van der Waals surface area contributed by atoms with Gasteiger partial charge in [0.1, 0.15) is 0 Å². The lowest BCUT2D eigenvalue weighted by molar-refractivity contribution is -0.137. The summed E-state index contributed by atoms with van der Waals surface area (Å²) in [5.41, 5.74) is 0.792. The van der Waals surface area contributed by atoms with Gasteiger partial charge in [0.2, 0.25) is 0 Å². The van der Waals surface area contributed by atoms with Crippen LogP contribution in [0.2, 0.25) is 0 Å². The molecule has 2 aromatic heterocycles. The number of aromatic nitrogens is 1. The van der Waals surface area contributed by atoms with Gasteiger partial charge in [-0.1, -0.05) is 12.1 Å². The summed E-state index contributed by atoms with van der Waals surface area (Å²) in [6, 6.07) is 10.3. The number of rotatable bonds is 6. The zero-order valence-corrected chi connectivity index (χ0v) is 17.4. The first-order valence-corrected chi connectivity index (χ1v) is 10.6. The van der Waals surface area contributed by atoms with Gasteiger partial charge in [-0.15, -0.1) is 11.3 Å². The van der Waals surface area contributed by atoms with Crippen LogP contribution in [0, 0.1) is 12.8 Å². The molecule has 2 heterocycles. The molecular weight excluding hydrogens is 425 g/mol. The molecule has 3 aromatic rings. The van der Waals surface area contributed by atoms with Crippen LogP contribution in [-0.4, -0.2) is 16.7 Å². The zero-order valence-electron chi connectivity index (χ0n) is 16.6. The second-order valence-electron chi connectivity index (χ2n) is 7.62. The molecule has 1 amide bonds. The van der Waals surface area contributed by atoms with Crippen LogP contribution in [0.4, 0.5) is 18.9 Å². The van der Waals surface area contributed by atoms with E-state index in [1.165, 1.54) is 24.4 Å². The van der Waals surface area contributed by atoms with Crippen LogP contribution in [0.3, 0.4) is 0 Å². The number of halogens is 3. The molecule has 0 spiro atoms. The van der Waals surface area contributed by atoms with E-state index >= 15 is 0 Å². The number of alkyl halides is 3. The number of nitrogens with one attached hydrogen (secondary N) is 1. The van der Waals surface area contributed by atoms with E-state index in [1.54, 1.807) is 18.2 Å². The number of aryl methyl sites for hydroxylation is 1. The minimum Gasteiger partial charge on any atom is -0.321 e. The molecule has 0 radical (unpaired) electrons. The van der Waals surface area contributed by atoms with Gasteiger partial charge in [0.25, 0.3) is 5.91 Å². The number of hydrogen-bond donors (Lipinski definition) is 1. The number of nitrogens with zero attached hydrogens (tertiary/aromatic N) is 1. The summed E-state index contributed by atoms with van der Waals surface area (Å²) < 4.78 is 39.8. The number of amides is 1. The fourth-order valence-corrected chi connectivity index (χ4v) is 4.15. The first-order valence-electron chi connectivity index (χ1n) is 9.80. The number of carbonyl (C=O) groups is 2. The minimum atomic E-state index is -4.54. The average Bonchev–Trinajstić information content (AvgIpc) is 3.40. The molecule has 0 unspecified atom stereocenters. The van der Waals surface area contributed by atoms with Gasteiger partial charge in [-0.05, 0) is 61.6 Å². The van der Waals surface area contributed by atoms with Crippen LogP contribution >= 0.6 is 11.3 Å². The number of pyridine rings is 1. The summed E-state index contributed by atoms with van der Waals surface area (Å²) in [5, 5.41) is 2.78. The Labute approximate surface area is 181 Å². The first kappa shape index (κ1) is 21.2. The van der Waals surface area contributed by atoms with Gasteiger partial charge in [-0.2, -0.15) is 13.2 Å². The van der Waals surface area contributed by atoms with Crippen LogP contribution in [0.1, 0.15) is 50.4 Å². The van der Waals surface area contributed by atoms with Crippen molar-refractivity contribution in [1.29, 1.82) is 0 Å². The molecule has 4 rings (SSSR count). The molecular formula is C23H19F3N2O2S. The molecule has 1 fully saturated rings. The number of hydrogen-bond acceptors (Lipinski definition) is 4. The summed E-state index contributed by atoms with van der Waals surface area (Å²) in [6.07, 6.45) is -0.586. The van der Waals surface area contributed by atoms with E-state index in [4.69, 9.17) is 0 Å². The molecule has 31 heavy (non-hydrogen) atoms. The normalized spacial score (nSPS) is 13.8. The summed E-state index contributed by atoms with van der Waals surface area (Å²) in [7, 11) is 0. The monoisotopic (exact) mass is 444 g/mol.